The van der Waals surface area contributed by atoms with E-state index in [0.29, 0.717) is 0 Å². The van der Waals surface area contributed by atoms with Gasteiger partial charge in [0.1, 0.15) is 0 Å². The average Bonchev–Trinajstić information content (AvgIpc) is 2.07. The van der Waals surface area contributed by atoms with Crippen molar-refractivity contribution in [2.75, 3.05) is 6.67 Å². The topological polar surface area (TPSA) is 26.0 Å². The first-order chi connectivity index (χ1) is 5.18. The maximum atomic E-state index is 12.6. The molecule has 3 fully saturated rings. The Morgan fingerprint density at radius 1 is 1.00 bits per heavy atom. The molecule has 3 saturated carbocycles. The maximum Gasteiger partial charge on any atom is 0.0950 e. The van der Waals surface area contributed by atoms with Gasteiger partial charge < -0.3 is 5.73 Å². The fourth-order valence-corrected chi connectivity index (χ4v) is 2.49. The summed E-state index contributed by atoms with van der Waals surface area (Å²) in [7, 11) is 0. The Hall–Kier alpha value is -0.110. The first kappa shape index (κ1) is 7.53. The van der Waals surface area contributed by atoms with Crippen LogP contribution in [0.4, 0.5) is 4.39 Å². The first-order valence-corrected chi connectivity index (χ1v) is 4.53. The summed E-state index contributed by atoms with van der Waals surface area (Å²) >= 11 is 0. The van der Waals surface area contributed by atoms with E-state index in [-0.39, 0.29) is 17.6 Å². The molecular weight excluding hydrogens is 141 g/mol. The molecule has 0 heterocycles. The van der Waals surface area contributed by atoms with Gasteiger partial charge in [0.05, 0.1) is 6.67 Å². The van der Waals surface area contributed by atoms with Gasteiger partial charge in [-0.1, -0.05) is 0 Å². The predicted molar refractivity (Wildman–Crippen MR) is 43.0 cm³/mol. The zero-order chi connectivity index (χ0) is 7.95. The molecule has 0 aromatic heterocycles. The van der Waals surface area contributed by atoms with Gasteiger partial charge in [0.15, 0.2) is 0 Å². The van der Waals surface area contributed by atoms with Crippen molar-refractivity contribution >= 4 is 0 Å². The van der Waals surface area contributed by atoms with Crippen LogP contribution in [0.15, 0.2) is 0 Å². The van der Waals surface area contributed by atoms with Crippen LogP contribution in [0.25, 0.3) is 0 Å². The Balaban J connectivity index is 2.12. The number of fused-ring (bicyclic) bond motifs is 3. The van der Waals surface area contributed by atoms with E-state index in [1.54, 1.807) is 0 Å². The lowest BCUT2D eigenvalue weighted by Gasteiger charge is -2.50. The number of halogens is 1. The first-order valence-electron chi connectivity index (χ1n) is 4.53. The highest BCUT2D eigenvalue weighted by molar-refractivity contribution is 5.02. The number of hydrogen-bond donors (Lipinski definition) is 1. The van der Waals surface area contributed by atoms with Crippen molar-refractivity contribution in [3.63, 3.8) is 0 Å². The van der Waals surface area contributed by atoms with Crippen molar-refractivity contribution < 1.29 is 4.39 Å². The molecule has 0 amide bonds. The summed E-state index contributed by atoms with van der Waals surface area (Å²) in [4.78, 5) is 0. The number of rotatable bonds is 1. The van der Waals surface area contributed by atoms with E-state index < -0.39 is 0 Å². The summed E-state index contributed by atoms with van der Waals surface area (Å²) in [6, 6.07) is 0. The Morgan fingerprint density at radius 2 is 1.45 bits per heavy atom. The average molecular weight is 157 g/mol. The van der Waals surface area contributed by atoms with E-state index in [0.717, 1.165) is 38.5 Å². The second-order valence-electron chi connectivity index (χ2n) is 4.50. The van der Waals surface area contributed by atoms with Gasteiger partial charge in [-0.25, -0.2) is 0 Å². The third-order valence-electron chi connectivity index (χ3n) is 3.74. The van der Waals surface area contributed by atoms with Gasteiger partial charge in [0, 0.05) is 5.54 Å². The largest absolute Gasteiger partial charge is 0.325 e. The molecule has 0 radical (unpaired) electrons. The summed E-state index contributed by atoms with van der Waals surface area (Å²) in [6.45, 7) is -0.122. The van der Waals surface area contributed by atoms with Crippen LogP contribution in [0.2, 0.25) is 0 Å². The van der Waals surface area contributed by atoms with E-state index in [1.165, 1.54) is 0 Å². The van der Waals surface area contributed by atoms with E-state index in [9.17, 15) is 4.39 Å². The van der Waals surface area contributed by atoms with Gasteiger partial charge in [0.25, 0.3) is 0 Å². The zero-order valence-electron chi connectivity index (χ0n) is 6.91. The molecule has 0 atom stereocenters. The van der Waals surface area contributed by atoms with Crippen LogP contribution in [0, 0.1) is 5.41 Å². The minimum atomic E-state index is -0.122. The number of hydrogen-bond acceptors (Lipinski definition) is 1. The van der Waals surface area contributed by atoms with Crippen LogP contribution in [0.5, 0.6) is 0 Å². The van der Waals surface area contributed by atoms with Gasteiger partial charge in [-0.05, 0) is 43.9 Å². The van der Waals surface area contributed by atoms with Crippen LogP contribution in [0.1, 0.15) is 38.5 Å². The SMILES string of the molecule is NC12CCC(CF)(CC1)CC2. The van der Waals surface area contributed by atoms with Crippen LogP contribution >= 0.6 is 0 Å². The monoisotopic (exact) mass is 157 g/mol. The highest BCUT2D eigenvalue weighted by Crippen LogP contribution is 2.51. The van der Waals surface area contributed by atoms with Gasteiger partial charge in [-0.2, -0.15) is 0 Å². The quantitative estimate of drug-likeness (QED) is 0.619. The van der Waals surface area contributed by atoms with E-state index >= 15 is 0 Å². The van der Waals surface area contributed by atoms with Gasteiger partial charge in [-0.15, -0.1) is 0 Å². The Labute approximate surface area is 67.2 Å². The van der Waals surface area contributed by atoms with E-state index in [4.69, 9.17) is 5.73 Å². The number of nitrogens with two attached hydrogens (primary N) is 1. The third-order valence-corrected chi connectivity index (χ3v) is 3.74. The van der Waals surface area contributed by atoms with Crippen LogP contribution in [0.3, 0.4) is 0 Å². The molecule has 2 heteroatoms. The molecule has 0 aromatic rings. The predicted octanol–water partition coefficient (Wildman–Crippen LogP) is 2.01. The summed E-state index contributed by atoms with van der Waals surface area (Å²) < 4.78 is 12.6. The van der Waals surface area contributed by atoms with Crippen molar-refractivity contribution in [3.8, 4) is 0 Å². The van der Waals surface area contributed by atoms with Crippen LogP contribution in [-0.4, -0.2) is 12.2 Å². The second-order valence-corrected chi connectivity index (χ2v) is 4.50. The minimum absolute atomic E-state index is 0.0567. The Kier molecular flexibility index (Phi) is 1.50. The second kappa shape index (κ2) is 2.19. The molecule has 2 bridgehead atoms. The molecule has 0 spiro atoms. The molecule has 0 aromatic carbocycles. The molecule has 2 N–H and O–H groups in total. The maximum absolute atomic E-state index is 12.6. The molecule has 3 aliphatic carbocycles. The van der Waals surface area contributed by atoms with Gasteiger partial charge in [-0.3, -0.25) is 4.39 Å². The van der Waals surface area contributed by atoms with Crippen molar-refractivity contribution in [1.82, 2.24) is 0 Å². The molecule has 0 aliphatic heterocycles. The highest BCUT2D eigenvalue weighted by Gasteiger charge is 2.46. The molecule has 64 valence electrons. The fourth-order valence-electron chi connectivity index (χ4n) is 2.49. The van der Waals surface area contributed by atoms with Gasteiger partial charge in [0.2, 0.25) is 0 Å². The molecular formula is C9H16FN. The Bertz CT molecular complexity index is 142. The molecule has 3 aliphatic rings. The zero-order valence-corrected chi connectivity index (χ0v) is 6.91. The summed E-state index contributed by atoms with van der Waals surface area (Å²) in [5, 5.41) is 0. The van der Waals surface area contributed by atoms with Gasteiger partial charge >= 0.3 is 0 Å². The van der Waals surface area contributed by atoms with Crippen molar-refractivity contribution in [2.45, 2.75) is 44.1 Å². The third kappa shape index (κ3) is 1.08. The highest BCUT2D eigenvalue weighted by atomic mass is 19.1. The van der Waals surface area contributed by atoms with Crippen LogP contribution in [-0.2, 0) is 0 Å². The van der Waals surface area contributed by atoms with Crippen LogP contribution < -0.4 is 5.73 Å². The lowest BCUT2D eigenvalue weighted by molar-refractivity contribution is 0.0237. The lowest BCUT2D eigenvalue weighted by atomic mass is 9.58. The summed E-state index contributed by atoms with van der Waals surface area (Å²) in [6.07, 6.45) is 6.24. The number of alkyl halides is 1. The summed E-state index contributed by atoms with van der Waals surface area (Å²) in [5.41, 5.74) is 6.24. The van der Waals surface area contributed by atoms with Crippen molar-refractivity contribution in [3.05, 3.63) is 0 Å². The van der Waals surface area contributed by atoms with E-state index in [1.807, 2.05) is 0 Å². The normalized spacial score (nSPS) is 49.6. The fraction of sp³-hybridized carbons (Fsp3) is 1.00. The van der Waals surface area contributed by atoms with Crippen molar-refractivity contribution in [2.24, 2.45) is 11.1 Å². The summed E-state index contributed by atoms with van der Waals surface area (Å²) in [5.74, 6) is 0. The molecule has 0 saturated heterocycles. The minimum Gasteiger partial charge on any atom is -0.325 e. The molecule has 0 unspecified atom stereocenters. The molecule has 11 heavy (non-hydrogen) atoms. The van der Waals surface area contributed by atoms with E-state index in [2.05, 4.69) is 0 Å². The van der Waals surface area contributed by atoms with Crippen molar-refractivity contribution in [1.29, 1.82) is 0 Å². The molecule has 3 rings (SSSR count). The Morgan fingerprint density at radius 3 is 1.82 bits per heavy atom. The smallest absolute Gasteiger partial charge is 0.0950 e. The lowest BCUT2D eigenvalue weighted by Crippen LogP contribution is -2.52. The molecule has 1 nitrogen and oxygen atoms in total. The standard InChI is InChI=1S/C9H16FN/c10-7-8-1-4-9(11,5-2-8)6-3-8/h1-7,11H2.